The topological polar surface area (TPSA) is 98.6 Å². The van der Waals surface area contributed by atoms with Gasteiger partial charge in [0.15, 0.2) is 11.5 Å². The molecule has 0 fully saturated rings. The van der Waals surface area contributed by atoms with Crippen LogP contribution in [0.4, 0.5) is 5.82 Å². The Morgan fingerprint density at radius 3 is 2.52 bits per heavy atom. The van der Waals surface area contributed by atoms with Crippen LogP contribution in [0.1, 0.15) is 18.4 Å². The summed E-state index contributed by atoms with van der Waals surface area (Å²) >= 11 is 0. The maximum absolute atomic E-state index is 12.8. The summed E-state index contributed by atoms with van der Waals surface area (Å²) in [4.78, 5) is 35.5. The van der Waals surface area contributed by atoms with Gasteiger partial charge in [0.1, 0.15) is 5.82 Å². The highest BCUT2D eigenvalue weighted by Gasteiger charge is 2.11. The molecule has 1 aromatic carbocycles. The molecule has 0 aliphatic rings. The number of rotatable bonds is 9. The number of pyridine rings is 1. The van der Waals surface area contributed by atoms with Crippen LogP contribution in [0.25, 0.3) is 10.9 Å². The number of fused-ring (bicyclic) bond motifs is 1. The Labute approximate surface area is 180 Å². The van der Waals surface area contributed by atoms with Crippen molar-refractivity contribution in [2.24, 2.45) is 0 Å². The van der Waals surface area contributed by atoms with E-state index in [2.05, 4.69) is 15.3 Å². The van der Waals surface area contributed by atoms with E-state index in [1.165, 1.54) is 25.1 Å². The minimum atomic E-state index is -0.182. The van der Waals surface area contributed by atoms with Crippen molar-refractivity contribution in [3.8, 4) is 11.5 Å². The molecule has 9 heteroatoms. The Morgan fingerprint density at radius 1 is 1.13 bits per heavy atom. The summed E-state index contributed by atoms with van der Waals surface area (Å²) in [6.45, 7) is 0.807. The Hall–Kier alpha value is -3.62. The van der Waals surface area contributed by atoms with E-state index in [1.54, 1.807) is 18.3 Å². The van der Waals surface area contributed by atoms with Crippen LogP contribution in [0.15, 0.2) is 41.6 Å². The molecule has 3 rings (SSSR count). The molecule has 0 saturated carbocycles. The Kier molecular flexibility index (Phi) is 7.07. The second-order valence-corrected chi connectivity index (χ2v) is 7.27. The van der Waals surface area contributed by atoms with Gasteiger partial charge in [-0.25, -0.2) is 9.97 Å². The van der Waals surface area contributed by atoms with Gasteiger partial charge in [-0.15, -0.1) is 0 Å². The van der Waals surface area contributed by atoms with E-state index in [9.17, 15) is 9.59 Å². The van der Waals surface area contributed by atoms with Crippen molar-refractivity contribution in [3.05, 3.63) is 52.7 Å². The van der Waals surface area contributed by atoms with Crippen LogP contribution in [-0.2, 0) is 17.9 Å². The van der Waals surface area contributed by atoms with Gasteiger partial charge < -0.3 is 19.7 Å². The number of carbonyl (C=O) groups excluding carboxylic acids is 1. The van der Waals surface area contributed by atoms with Gasteiger partial charge in [0, 0.05) is 45.9 Å². The maximum atomic E-state index is 12.8. The summed E-state index contributed by atoms with van der Waals surface area (Å²) < 4.78 is 12.0. The third-order valence-corrected chi connectivity index (χ3v) is 4.89. The lowest BCUT2D eigenvalue weighted by Crippen LogP contribution is -2.25. The van der Waals surface area contributed by atoms with Crippen LogP contribution in [0, 0.1) is 0 Å². The molecule has 31 heavy (non-hydrogen) atoms. The van der Waals surface area contributed by atoms with E-state index in [0.29, 0.717) is 48.3 Å². The minimum Gasteiger partial charge on any atom is -0.493 e. The number of nitrogens with one attached hydrogen (secondary N) is 1. The summed E-state index contributed by atoms with van der Waals surface area (Å²) in [6.07, 6.45) is 4.06. The average Bonchev–Trinajstić information content (AvgIpc) is 2.78. The van der Waals surface area contributed by atoms with Gasteiger partial charge in [0.25, 0.3) is 5.56 Å². The SMILES string of the molecule is COc1cc2ncn(CCCC(=O)NCc3ccc(N(C)C)nc3)c(=O)c2cc1OC. The lowest BCUT2D eigenvalue weighted by Gasteiger charge is -2.12. The number of ether oxygens (including phenoxy) is 2. The zero-order chi connectivity index (χ0) is 22.4. The van der Waals surface area contributed by atoms with Gasteiger partial charge in [-0.05, 0) is 24.1 Å². The van der Waals surface area contributed by atoms with E-state index in [1.807, 2.05) is 31.1 Å². The zero-order valence-corrected chi connectivity index (χ0v) is 18.2. The van der Waals surface area contributed by atoms with Gasteiger partial charge >= 0.3 is 0 Å². The number of hydrogen-bond donors (Lipinski definition) is 1. The molecule has 0 spiro atoms. The fourth-order valence-electron chi connectivity index (χ4n) is 3.13. The molecule has 1 amide bonds. The summed E-state index contributed by atoms with van der Waals surface area (Å²) in [5, 5.41) is 3.32. The third kappa shape index (κ3) is 5.30. The van der Waals surface area contributed by atoms with Gasteiger partial charge in [-0.1, -0.05) is 6.07 Å². The highest BCUT2D eigenvalue weighted by atomic mass is 16.5. The van der Waals surface area contributed by atoms with E-state index in [-0.39, 0.29) is 11.5 Å². The average molecular weight is 425 g/mol. The zero-order valence-electron chi connectivity index (χ0n) is 18.2. The molecule has 0 radical (unpaired) electrons. The summed E-state index contributed by atoms with van der Waals surface area (Å²) in [5.41, 5.74) is 1.28. The number of methoxy groups -OCH3 is 2. The van der Waals surface area contributed by atoms with Crippen LogP contribution in [0.2, 0.25) is 0 Å². The molecule has 0 atom stereocenters. The molecule has 9 nitrogen and oxygen atoms in total. The van der Waals surface area contributed by atoms with Crippen LogP contribution in [0.5, 0.6) is 11.5 Å². The first kappa shape index (κ1) is 22.1. The van der Waals surface area contributed by atoms with Crippen molar-refractivity contribution in [2.75, 3.05) is 33.2 Å². The number of nitrogens with zero attached hydrogens (tertiary/aromatic N) is 4. The molecule has 0 bridgehead atoms. The van der Waals surface area contributed by atoms with Crippen molar-refractivity contribution < 1.29 is 14.3 Å². The first-order chi connectivity index (χ1) is 14.9. The Balaban J connectivity index is 1.56. The second kappa shape index (κ2) is 9.92. The minimum absolute atomic E-state index is 0.0788. The lowest BCUT2D eigenvalue weighted by molar-refractivity contribution is -0.121. The molecule has 0 saturated heterocycles. The van der Waals surface area contributed by atoms with Crippen molar-refractivity contribution in [3.63, 3.8) is 0 Å². The molecular formula is C22H27N5O4. The van der Waals surface area contributed by atoms with Crippen molar-refractivity contribution >= 4 is 22.6 Å². The van der Waals surface area contributed by atoms with Crippen LogP contribution >= 0.6 is 0 Å². The standard InChI is InChI=1S/C22H27N5O4/c1-26(2)20-8-7-15(12-23-20)13-24-21(28)6-5-9-27-14-25-17-11-19(31-4)18(30-3)10-16(17)22(27)29/h7-8,10-12,14H,5-6,9,13H2,1-4H3,(H,24,28). The maximum Gasteiger partial charge on any atom is 0.261 e. The van der Waals surface area contributed by atoms with Crippen LogP contribution in [-0.4, -0.2) is 48.8 Å². The second-order valence-electron chi connectivity index (χ2n) is 7.27. The molecular weight excluding hydrogens is 398 g/mol. The first-order valence-corrected chi connectivity index (χ1v) is 9.93. The number of amides is 1. The third-order valence-electron chi connectivity index (χ3n) is 4.89. The normalized spacial score (nSPS) is 10.7. The highest BCUT2D eigenvalue weighted by molar-refractivity contribution is 5.81. The Bertz CT molecular complexity index is 1110. The quantitative estimate of drug-likeness (QED) is 0.560. The molecule has 0 unspecified atom stereocenters. The number of aryl methyl sites for hydroxylation is 1. The van der Waals surface area contributed by atoms with Gasteiger partial charge in [0.05, 0.1) is 31.4 Å². The van der Waals surface area contributed by atoms with E-state index < -0.39 is 0 Å². The van der Waals surface area contributed by atoms with E-state index in [4.69, 9.17) is 9.47 Å². The van der Waals surface area contributed by atoms with Crippen molar-refractivity contribution in [1.82, 2.24) is 19.9 Å². The molecule has 0 aliphatic carbocycles. The van der Waals surface area contributed by atoms with Crippen molar-refractivity contribution in [2.45, 2.75) is 25.9 Å². The summed E-state index contributed by atoms with van der Waals surface area (Å²) in [6, 6.07) is 7.15. The first-order valence-electron chi connectivity index (χ1n) is 9.93. The fraction of sp³-hybridized carbons (Fsp3) is 0.364. The predicted octanol–water partition coefficient (Wildman–Crippen LogP) is 1.97. The number of benzene rings is 1. The van der Waals surface area contributed by atoms with Crippen LogP contribution < -0.4 is 25.2 Å². The molecule has 1 N–H and O–H groups in total. The van der Waals surface area contributed by atoms with Crippen LogP contribution in [0.3, 0.4) is 0 Å². The molecule has 2 aromatic heterocycles. The van der Waals surface area contributed by atoms with E-state index in [0.717, 1.165) is 11.4 Å². The van der Waals surface area contributed by atoms with E-state index >= 15 is 0 Å². The fourth-order valence-corrected chi connectivity index (χ4v) is 3.13. The molecule has 164 valence electrons. The van der Waals surface area contributed by atoms with Gasteiger partial charge in [0.2, 0.25) is 5.91 Å². The number of anilines is 1. The van der Waals surface area contributed by atoms with Gasteiger partial charge in [-0.3, -0.25) is 14.2 Å². The Morgan fingerprint density at radius 2 is 1.87 bits per heavy atom. The molecule has 3 aromatic rings. The van der Waals surface area contributed by atoms with Crippen molar-refractivity contribution in [1.29, 1.82) is 0 Å². The lowest BCUT2D eigenvalue weighted by atomic mass is 10.2. The summed E-state index contributed by atoms with van der Waals surface area (Å²) in [5.74, 6) is 1.77. The predicted molar refractivity (Wildman–Crippen MR) is 119 cm³/mol. The van der Waals surface area contributed by atoms with Gasteiger partial charge in [-0.2, -0.15) is 0 Å². The monoisotopic (exact) mass is 425 g/mol. The number of hydrogen-bond acceptors (Lipinski definition) is 7. The molecule has 0 aliphatic heterocycles. The molecule has 2 heterocycles. The largest absolute Gasteiger partial charge is 0.493 e. The highest BCUT2D eigenvalue weighted by Crippen LogP contribution is 2.29. The summed E-state index contributed by atoms with van der Waals surface area (Å²) in [7, 11) is 6.90. The smallest absolute Gasteiger partial charge is 0.261 e. The number of aromatic nitrogens is 3. The number of carbonyl (C=O) groups is 1.